The van der Waals surface area contributed by atoms with Crippen molar-refractivity contribution in [3.63, 3.8) is 0 Å². The van der Waals surface area contributed by atoms with Crippen LogP contribution in [-0.2, 0) is 6.42 Å². The molecule has 0 N–H and O–H groups in total. The van der Waals surface area contributed by atoms with E-state index in [1.165, 1.54) is 11.1 Å². The highest BCUT2D eigenvalue weighted by atomic mass is 16.6. The predicted octanol–water partition coefficient (Wildman–Crippen LogP) is 6.83. The molecule has 3 aromatic rings. The standard InChI is InChI=1S/C29H28O4/c1-2-3-8-19-9-7-12-23(15-19)29(31)33-27-18-25-22-14-13-21(16-22)24(25)17-26(27)32-28(30)20-10-5-4-6-11-20/h4-7,9-12,15,17-18,21-22H,2-3,8,13-14,16H2,1H3. The Hall–Kier alpha value is -3.40. The average Bonchev–Trinajstić information content (AvgIpc) is 3.46. The van der Waals surface area contributed by atoms with Crippen LogP contribution in [0.25, 0.3) is 0 Å². The lowest BCUT2D eigenvalue weighted by Crippen LogP contribution is -2.14. The van der Waals surface area contributed by atoms with Gasteiger partial charge in [-0.15, -0.1) is 0 Å². The molecule has 2 atom stereocenters. The lowest BCUT2D eigenvalue weighted by Gasteiger charge is -2.19. The van der Waals surface area contributed by atoms with E-state index >= 15 is 0 Å². The molecule has 0 spiro atoms. The number of esters is 2. The molecule has 2 aliphatic rings. The molecule has 168 valence electrons. The van der Waals surface area contributed by atoms with Gasteiger partial charge in [0.2, 0.25) is 0 Å². The summed E-state index contributed by atoms with van der Waals surface area (Å²) in [4.78, 5) is 25.8. The summed E-state index contributed by atoms with van der Waals surface area (Å²) >= 11 is 0. The molecule has 0 saturated heterocycles. The minimum absolute atomic E-state index is 0.311. The van der Waals surface area contributed by atoms with Crippen LogP contribution in [0.3, 0.4) is 0 Å². The van der Waals surface area contributed by atoms with Gasteiger partial charge in [-0.25, -0.2) is 9.59 Å². The number of hydrogen-bond donors (Lipinski definition) is 0. The molecule has 0 radical (unpaired) electrons. The highest BCUT2D eigenvalue weighted by Gasteiger charge is 2.38. The summed E-state index contributed by atoms with van der Waals surface area (Å²) in [5, 5.41) is 0. The Morgan fingerprint density at radius 3 is 2.03 bits per heavy atom. The first kappa shape index (κ1) is 21.4. The van der Waals surface area contributed by atoms with Crippen LogP contribution in [0, 0.1) is 0 Å². The van der Waals surface area contributed by atoms with Gasteiger partial charge in [-0.1, -0.05) is 43.7 Å². The topological polar surface area (TPSA) is 52.6 Å². The fourth-order valence-electron chi connectivity index (χ4n) is 5.13. The third-order valence-corrected chi connectivity index (χ3v) is 6.86. The summed E-state index contributed by atoms with van der Waals surface area (Å²) in [7, 11) is 0. The molecule has 0 heterocycles. The van der Waals surface area contributed by atoms with Crippen molar-refractivity contribution < 1.29 is 19.1 Å². The minimum Gasteiger partial charge on any atom is -0.419 e. The van der Waals surface area contributed by atoms with E-state index in [0.29, 0.717) is 34.5 Å². The van der Waals surface area contributed by atoms with Crippen molar-refractivity contribution >= 4 is 11.9 Å². The number of unbranched alkanes of at least 4 members (excludes halogenated alkanes) is 1. The van der Waals surface area contributed by atoms with Crippen LogP contribution in [0.15, 0.2) is 66.7 Å². The van der Waals surface area contributed by atoms with Crippen LogP contribution < -0.4 is 9.47 Å². The first-order valence-corrected chi connectivity index (χ1v) is 11.9. The quantitative estimate of drug-likeness (QED) is 0.298. The molecule has 2 bridgehead atoms. The highest BCUT2D eigenvalue weighted by molar-refractivity contribution is 5.93. The van der Waals surface area contributed by atoms with Gasteiger partial charge in [0.1, 0.15) is 0 Å². The van der Waals surface area contributed by atoms with Gasteiger partial charge in [-0.2, -0.15) is 0 Å². The highest BCUT2D eigenvalue weighted by Crippen LogP contribution is 2.55. The Balaban J connectivity index is 1.44. The number of fused-ring (bicyclic) bond motifs is 5. The Morgan fingerprint density at radius 1 is 0.788 bits per heavy atom. The van der Waals surface area contributed by atoms with Crippen molar-refractivity contribution in [2.24, 2.45) is 0 Å². The molecule has 2 unspecified atom stereocenters. The summed E-state index contributed by atoms with van der Waals surface area (Å²) < 4.78 is 11.6. The predicted molar refractivity (Wildman–Crippen MR) is 127 cm³/mol. The molecule has 4 heteroatoms. The Kier molecular flexibility index (Phi) is 5.99. The second kappa shape index (κ2) is 9.22. The zero-order valence-electron chi connectivity index (χ0n) is 18.9. The van der Waals surface area contributed by atoms with E-state index in [9.17, 15) is 9.59 Å². The molecule has 4 nitrogen and oxygen atoms in total. The van der Waals surface area contributed by atoms with E-state index in [2.05, 4.69) is 6.92 Å². The third-order valence-electron chi connectivity index (χ3n) is 6.86. The largest absolute Gasteiger partial charge is 0.419 e. The average molecular weight is 441 g/mol. The third kappa shape index (κ3) is 4.43. The molecule has 1 saturated carbocycles. The fourth-order valence-corrected chi connectivity index (χ4v) is 5.13. The van der Waals surface area contributed by atoms with Crippen LogP contribution in [0.5, 0.6) is 11.5 Å². The van der Waals surface area contributed by atoms with Crippen LogP contribution in [0.1, 0.15) is 88.3 Å². The first-order chi connectivity index (χ1) is 16.1. The number of ether oxygens (including phenoxy) is 2. The number of benzene rings is 3. The summed E-state index contributed by atoms with van der Waals surface area (Å²) in [5.74, 6) is 0.726. The summed E-state index contributed by atoms with van der Waals surface area (Å²) in [6.07, 6.45) is 6.55. The smallest absolute Gasteiger partial charge is 0.343 e. The molecule has 0 aliphatic heterocycles. The van der Waals surface area contributed by atoms with Crippen molar-refractivity contribution in [3.05, 3.63) is 94.5 Å². The number of carbonyl (C=O) groups excluding carboxylic acids is 2. The van der Waals surface area contributed by atoms with E-state index < -0.39 is 11.9 Å². The van der Waals surface area contributed by atoms with Crippen LogP contribution in [0.2, 0.25) is 0 Å². The van der Waals surface area contributed by atoms with Crippen molar-refractivity contribution in [2.75, 3.05) is 0 Å². The van der Waals surface area contributed by atoms with E-state index in [1.807, 2.05) is 36.4 Å². The van der Waals surface area contributed by atoms with Crippen molar-refractivity contribution in [1.82, 2.24) is 0 Å². The zero-order valence-corrected chi connectivity index (χ0v) is 18.9. The molecule has 1 fully saturated rings. The SMILES string of the molecule is CCCCc1cccc(C(=O)Oc2cc3c(cc2OC(=O)c2ccccc2)C2CCC3C2)c1. The molecular weight excluding hydrogens is 412 g/mol. The van der Waals surface area contributed by atoms with E-state index in [0.717, 1.165) is 44.1 Å². The molecular formula is C29H28O4. The van der Waals surface area contributed by atoms with Gasteiger partial charge >= 0.3 is 11.9 Å². The molecule has 33 heavy (non-hydrogen) atoms. The van der Waals surface area contributed by atoms with Gasteiger partial charge in [0.05, 0.1) is 11.1 Å². The maximum absolute atomic E-state index is 13.0. The first-order valence-electron chi connectivity index (χ1n) is 11.9. The second-order valence-corrected chi connectivity index (χ2v) is 9.08. The maximum atomic E-state index is 13.0. The molecule has 2 aliphatic carbocycles. The molecule has 5 rings (SSSR count). The lowest BCUT2D eigenvalue weighted by molar-refractivity contribution is 0.0682. The molecule has 3 aromatic carbocycles. The van der Waals surface area contributed by atoms with E-state index in [4.69, 9.17) is 9.47 Å². The second-order valence-electron chi connectivity index (χ2n) is 9.08. The van der Waals surface area contributed by atoms with Gasteiger partial charge in [0.15, 0.2) is 11.5 Å². The van der Waals surface area contributed by atoms with Gasteiger partial charge in [-0.3, -0.25) is 0 Å². The zero-order chi connectivity index (χ0) is 22.8. The fraction of sp³-hybridized carbons (Fsp3) is 0.310. The van der Waals surface area contributed by atoms with E-state index in [-0.39, 0.29) is 0 Å². The van der Waals surface area contributed by atoms with Crippen molar-refractivity contribution in [1.29, 1.82) is 0 Å². The van der Waals surface area contributed by atoms with Gasteiger partial charge in [0.25, 0.3) is 0 Å². The summed E-state index contributed by atoms with van der Waals surface area (Å²) in [5.41, 5.74) is 4.54. The summed E-state index contributed by atoms with van der Waals surface area (Å²) in [6, 6.07) is 20.3. The molecule has 0 amide bonds. The lowest BCUT2D eigenvalue weighted by atomic mass is 9.91. The Labute approximate surface area is 194 Å². The van der Waals surface area contributed by atoms with Gasteiger partial charge in [-0.05, 0) is 97.0 Å². The number of rotatable bonds is 7. The minimum atomic E-state index is -0.461. The Morgan fingerprint density at radius 2 is 1.39 bits per heavy atom. The normalized spacial score (nSPS) is 18.1. The van der Waals surface area contributed by atoms with Gasteiger partial charge < -0.3 is 9.47 Å². The molecule has 0 aromatic heterocycles. The summed E-state index contributed by atoms with van der Waals surface area (Å²) in [6.45, 7) is 2.15. The van der Waals surface area contributed by atoms with Crippen molar-refractivity contribution in [3.8, 4) is 11.5 Å². The van der Waals surface area contributed by atoms with Crippen molar-refractivity contribution in [2.45, 2.75) is 57.3 Å². The van der Waals surface area contributed by atoms with Crippen LogP contribution in [-0.4, -0.2) is 11.9 Å². The monoisotopic (exact) mass is 440 g/mol. The number of carbonyl (C=O) groups is 2. The van der Waals surface area contributed by atoms with Crippen LogP contribution >= 0.6 is 0 Å². The Bertz CT molecular complexity index is 1180. The van der Waals surface area contributed by atoms with E-state index in [1.54, 1.807) is 30.3 Å². The van der Waals surface area contributed by atoms with Crippen LogP contribution in [0.4, 0.5) is 0 Å². The number of hydrogen-bond acceptors (Lipinski definition) is 4. The maximum Gasteiger partial charge on any atom is 0.343 e. The van der Waals surface area contributed by atoms with Gasteiger partial charge in [0, 0.05) is 0 Å². The number of aryl methyl sites for hydroxylation is 1.